The van der Waals surface area contributed by atoms with Crippen molar-refractivity contribution in [3.8, 4) is 0 Å². The van der Waals surface area contributed by atoms with Gasteiger partial charge < -0.3 is 10.2 Å². The van der Waals surface area contributed by atoms with Gasteiger partial charge in [-0.3, -0.25) is 0 Å². The van der Waals surface area contributed by atoms with E-state index in [-0.39, 0.29) is 17.5 Å². The average Bonchev–Trinajstić information content (AvgIpc) is 2.95. The SMILES string of the molecule is CN(c1ccnc(NCCc2ccccc2)n1)C1CCS(=O)(=O)C1. The minimum absolute atomic E-state index is 0.0120. The van der Waals surface area contributed by atoms with Crippen LogP contribution in [-0.2, 0) is 16.3 Å². The summed E-state index contributed by atoms with van der Waals surface area (Å²) >= 11 is 0. The smallest absolute Gasteiger partial charge is 0.224 e. The second-order valence-corrected chi connectivity index (χ2v) is 8.30. The van der Waals surface area contributed by atoms with Crippen molar-refractivity contribution in [2.45, 2.75) is 18.9 Å². The first-order chi connectivity index (χ1) is 11.5. The fourth-order valence-electron chi connectivity index (χ4n) is 2.86. The van der Waals surface area contributed by atoms with Gasteiger partial charge in [0.05, 0.1) is 11.5 Å². The Morgan fingerprint density at radius 2 is 2.04 bits per heavy atom. The van der Waals surface area contributed by atoms with Crippen LogP contribution in [0.25, 0.3) is 0 Å². The maximum atomic E-state index is 11.6. The van der Waals surface area contributed by atoms with Crippen molar-refractivity contribution >= 4 is 21.6 Å². The highest BCUT2D eigenvalue weighted by molar-refractivity contribution is 7.91. The fourth-order valence-corrected chi connectivity index (χ4v) is 4.64. The first kappa shape index (κ1) is 16.7. The molecule has 6 nitrogen and oxygen atoms in total. The van der Waals surface area contributed by atoms with E-state index in [0.717, 1.165) is 18.8 Å². The van der Waals surface area contributed by atoms with E-state index in [9.17, 15) is 8.42 Å². The molecular weight excluding hydrogens is 324 g/mol. The molecule has 0 saturated carbocycles. The first-order valence-electron chi connectivity index (χ1n) is 8.08. The summed E-state index contributed by atoms with van der Waals surface area (Å²) in [5.74, 6) is 1.77. The average molecular weight is 346 g/mol. The number of nitrogens with zero attached hydrogens (tertiary/aromatic N) is 3. The van der Waals surface area contributed by atoms with E-state index in [2.05, 4.69) is 27.4 Å². The van der Waals surface area contributed by atoms with Crippen molar-refractivity contribution in [2.24, 2.45) is 0 Å². The van der Waals surface area contributed by atoms with Gasteiger partial charge in [0.25, 0.3) is 0 Å². The van der Waals surface area contributed by atoms with E-state index >= 15 is 0 Å². The Morgan fingerprint density at radius 1 is 1.25 bits per heavy atom. The van der Waals surface area contributed by atoms with Crippen LogP contribution >= 0.6 is 0 Å². The van der Waals surface area contributed by atoms with E-state index in [4.69, 9.17) is 0 Å². The van der Waals surface area contributed by atoms with Crippen molar-refractivity contribution in [3.63, 3.8) is 0 Å². The van der Waals surface area contributed by atoms with Crippen LogP contribution in [0.2, 0.25) is 0 Å². The van der Waals surface area contributed by atoms with Crippen LogP contribution in [0.1, 0.15) is 12.0 Å². The number of aromatic nitrogens is 2. The number of benzene rings is 1. The van der Waals surface area contributed by atoms with Crippen molar-refractivity contribution in [1.82, 2.24) is 9.97 Å². The minimum atomic E-state index is -2.90. The molecule has 0 spiro atoms. The predicted octanol–water partition coefficient (Wildman–Crippen LogP) is 1.75. The zero-order chi connectivity index (χ0) is 17.0. The van der Waals surface area contributed by atoms with Crippen LogP contribution in [0, 0.1) is 0 Å². The molecule has 1 atom stereocenters. The van der Waals surface area contributed by atoms with Gasteiger partial charge in [0.2, 0.25) is 5.95 Å². The highest BCUT2D eigenvalue weighted by Crippen LogP contribution is 2.21. The zero-order valence-corrected chi connectivity index (χ0v) is 14.5. The van der Waals surface area contributed by atoms with Gasteiger partial charge in [-0.2, -0.15) is 4.98 Å². The first-order valence-corrected chi connectivity index (χ1v) is 9.90. The number of sulfone groups is 1. The number of hydrogen-bond donors (Lipinski definition) is 1. The van der Waals surface area contributed by atoms with Gasteiger partial charge in [-0.1, -0.05) is 30.3 Å². The molecule has 1 fully saturated rings. The molecular formula is C17H22N4O2S. The number of anilines is 2. The second kappa shape index (κ2) is 7.17. The van der Waals surface area contributed by atoms with Crippen molar-refractivity contribution < 1.29 is 8.42 Å². The Kier molecular flexibility index (Phi) is 4.99. The largest absolute Gasteiger partial charge is 0.355 e. The monoisotopic (exact) mass is 346 g/mol. The van der Waals surface area contributed by atoms with Gasteiger partial charge in [-0.25, -0.2) is 13.4 Å². The maximum absolute atomic E-state index is 11.6. The lowest BCUT2D eigenvalue weighted by molar-refractivity contribution is 0.600. The quantitative estimate of drug-likeness (QED) is 0.859. The lowest BCUT2D eigenvalue weighted by Gasteiger charge is -2.24. The summed E-state index contributed by atoms with van der Waals surface area (Å²) in [5.41, 5.74) is 1.26. The normalized spacial score (nSPS) is 19.1. The van der Waals surface area contributed by atoms with Crippen molar-refractivity contribution in [3.05, 3.63) is 48.2 Å². The Labute approximate surface area is 142 Å². The van der Waals surface area contributed by atoms with Crippen molar-refractivity contribution in [1.29, 1.82) is 0 Å². The molecule has 2 heterocycles. The Hall–Kier alpha value is -2.15. The van der Waals surface area contributed by atoms with Crippen LogP contribution in [0.5, 0.6) is 0 Å². The second-order valence-electron chi connectivity index (χ2n) is 6.07. The van der Waals surface area contributed by atoms with Gasteiger partial charge in [-0.05, 0) is 24.5 Å². The van der Waals surface area contributed by atoms with Crippen LogP contribution in [0.15, 0.2) is 42.6 Å². The topological polar surface area (TPSA) is 75.2 Å². The summed E-state index contributed by atoms with van der Waals surface area (Å²) in [5, 5.41) is 3.23. The molecule has 128 valence electrons. The van der Waals surface area contributed by atoms with Gasteiger partial charge in [0.1, 0.15) is 5.82 Å². The van der Waals surface area contributed by atoms with E-state index in [1.54, 1.807) is 6.20 Å². The van der Waals surface area contributed by atoms with Gasteiger partial charge in [0, 0.05) is 25.8 Å². The minimum Gasteiger partial charge on any atom is -0.355 e. The Balaban J connectivity index is 1.59. The summed E-state index contributed by atoms with van der Waals surface area (Å²) in [6, 6.07) is 12.0. The summed E-state index contributed by atoms with van der Waals surface area (Å²) < 4.78 is 23.3. The third-order valence-electron chi connectivity index (χ3n) is 4.30. The van der Waals surface area contributed by atoms with Gasteiger partial charge in [-0.15, -0.1) is 0 Å². The highest BCUT2D eigenvalue weighted by Gasteiger charge is 2.31. The molecule has 1 saturated heterocycles. The number of nitrogens with one attached hydrogen (secondary N) is 1. The molecule has 1 aliphatic rings. The molecule has 0 bridgehead atoms. The molecule has 3 rings (SSSR count). The van der Waals surface area contributed by atoms with E-state index in [1.165, 1.54) is 5.56 Å². The van der Waals surface area contributed by atoms with E-state index in [1.807, 2.05) is 36.2 Å². The molecule has 0 aliphatic carbocycles. The predicted molar refractivity (Wildman–Crippen MR) is 96.1 cm³/mol. The lowest BCUT2D eigenvalue weighted by atomic mass is 10.1. The highest BCUT2D eigenvalue weighted by atomic mass is 32.2. The number of hydrogen-bond acceptors (Lipinski definition) is 6. The third kappa shape index (κ3) is 4.23. The Bertz CT molecular complexity index is 780. The van der Waals surface area contributed by atoms with Crippen LogP contribution in [0.4, 0.5) is 11.8 Å². The molecule has 1 aromatic carbocycles. The molecule has 0 radical (unpaired) electrons. The third-order valence-corrected chi connectivity index (χ3v) is 6.05. The molecule has 2 aromatic rings. The van der Waals surface area contributed by atoms with Gasteiger partial charge >= 0.3 is 0 Å². The molecule has 7 heteroatoms. The zero-order valence-electron chi connectivity index (χ0n) is 13.7. The van der Waals surface area contributed by atoms with E-state index in [0.29, 0.717) is 12.4 Å². The summed E-state index contributed by atoms with van der Waals surface area (Å²) in [6.07, 6.45) is 3.25. The van der Waals surface area contributed by atoms with Crippen LogP contribution in [0.3, 0.4) is 0 Å². The standard InChI is InChI=1S/C17H22N4O2S/c1-21(15-9-12-24(22,23)13-15)16-8-11-19-17(20-16)18-10-7-14-5-3-2-4-6-14/h2-6,8,11,15H,7,9-10,12-13H2,1H3,(H,18,19,20). The molecule has 24 heavy (non-hydrogen) atoms. The molecule has 0 amide bonds. The summed E-state index contributed by atoms with van der Waals surface area (Å²) in [7, 11) is -1.01. The summed E-state index contributed by atoms with van der Waals surface area (Å²) in [4.78, 5) is 10.7. The maximum Gasteiger partial charge on any atom is 0.224 e. The van der Waals surface area contributed by atoms with Crippen molar-refractivity contribution in [2.75, 3.05) is 35.3 Å². The fraction of sp³-hybridized carbons (Fsp3) is 0.412. The molecule has 1 N–H and O–H groups in total. The summed E-state index contributed by atoms with van der Waals surface area (Å²) in [6.45, 7) is 0.745. The molecule has 1 aromatic heterocycles. The van der Waals surface area contributed by atoms with Crippen LogP contribution in [-0.4, -0.2) is 49.5 Å². The van der Waals surface area contributed by atoms with E-state index < -0.39 is 9.84 Å². The molecule has 1 aliphatic heterocycles. The Morgan fingerprint density at radius 3 is 2.75 bits per heavy atom. The lowest BCUT2D eigenvalue weighted by Crippen LogP contribution is -2.33. The molecule has 1 unspecified atom stereocenters. The van der Waals surface area contributed by atoms with Gasteiger partial charge in [0.15, 0.2) is 9.84 Å². The number of rotatable bonds is 6. The van der Waals surface area contributed by atoms with Crippen LogP contribution < -0.4 is 10.2 Å².